The van der Waals surface area contributed by atoms with E-state index in [9.17, 15) is 14.0 Å². The zero-order valence-corrected chi connectivity index (χ0v) is 17.2. The molecule has 1 heterocycles. The molecule has 4 rings (SSSR count). The van der Waals surface area contributed by atoms with E-state index in [1.165, 1.54) is 12.1 Å². The van der Waals surface area contributed by atoms with E-state index in [2.05, 4.69) is 5.32 Å². The number of rotatable bonds is 5. The minimum absolute atomic E-state index is 0. The summed E-state index contributed by atoms with van der Waals surface area (Å²) in [6.07, 6.45) is 2.08. The number of hydrogen-bond donors (Lipinski definition) is 2. The highest BCUT2D eigenvalue weighted by Crippen LogP contribution is 2.38. The number of para-hydroxylation sites is 2. The average Bonchev–Trinajstić information content (AvgIpc) is 3.30. The fourth-order valence-corrected chi connectivity index (χ4v) is 4.31. The maximum Gasteiger partial charge on any atom is 0.262 e. The number of amides is 2. The van der Waals surface area contributed by atoms with E-state index >= 15 is 0 Å². The molecule has 2 fully saturated rings. The molecule has 1 aliphatic carbocycles. The van der Waals surface area contributed by atoms with Crippen molar-refractivity contribution >= 4 is 29.9 Å². The third kappa shape index (κ3) is 4.57. The molecule has 3 N–H and O–H groups in total. The minimum atomic E-state index is -0.519. The topological polar surface area (TPSA) is 84.7 Å². The van der Waals surface area contributed by atoms with Crippen LogP contribution >= 0.6 is 12.4 Å². The highest BCUT2D eigenvalue weighted by Gasteiger charge is 2.42. The SMILES string of the molecule is Cl.NC1CCC2CN(C(=O)c3ccccc3OCC(=O)Nc3ccccc3F)CC12. The third-order valence-electron chi connectivity index (χ3n) is 5.82. The molecule has 0 bridgehead atoms. The van der Waals surface area contributed by atoms with Crippen molar-refractivity contribution in [2.75, 3.05) is 25.0 Å². The molecular weight excluding hydrogens is 409 g/mol. The zero-order valence-electron chi connectivity index (χ0n) is 16.4. The Morgan fingerprint density at radius 2 is 1.83 bits per heavy atom. The molecule has 2 aromatic rings. The molecule has 6 nitrogen and oxygen atoms in total. The summed E-state index contributed by atoms with van der Waals surface area (Å²) in [5.41, 5.74) is 6.68. The van der Waals surface area contributed by atoms with E-state index in [1.54, 1.807) is 36.4 Å². The number of benzene rings is 2. The number of ether oxygens (including phenoxy) is 1. The van der Waals surface area contributed by atoms with Crippen molar-refractivity contribution in [3.63, 3.8) is 0 Å². The molecule has 3 atom stereocenters. The summed E-state index contributed by atoms with van der Waals surface area (Å²) >= 11 is 0. The molecule has 8 heteroatoms. The Labute approximate surface area is 181 Å². The number of anilines is 1. The fraction of sp³-hybridized carbons (Fsp3) is 0.364. The van der Waals surface area contributed by atoms with Crippen LogP contribution in [0.1, 0.15) is 23.2 Å². The van der Waals surface area contributed by atoms with Crippen LogP contribution in [0.15, 0.2) is 48.5 Å². The lowest BCUT2D eigenvalue weighted by molar-refractivity contribution is -0.118. The maximum absolute atomic E-state index is 13.7. The van der Waals surface area contributed by atoms with Crippen LogP contribution in [0.2, 0.25) is 0 Å². The van der Waals surface area contributed by atoms with Crippen LogP contribution in [0.5, 0.6) is 5.75 Å². The summed E-state index contributed by atoms with van der Waals surface area (Å²) in [5, 5.41) is 2.47. The van der Waals surface area contributed by atoms with Crippen LogP contribution in [0.25, 0.3) is 0 Å². The number of halogens is 2. The first kappa shape index (κ1) is 22.1. The normalized spacial score (nSPS) is 22.2. The van der Waals surface area contributed by atoms with E-state index in [0.29, 0.717) is 36.2 Å². The highest BCUT2D eigenvalue weighted by molar-refractivity contribution is 5.97. The van der Waals surface area contributed by atoms with Crippen LogP contribution in [0, 0.1) is 17.7 Å². The Morgan fingerprint density at radius 3 is 2.60 bits per heavy atom. The van der Waals surface area contributed by atoms with Gasteiger partial charge in [0, 0.05) is 19.1 Å². The summed E-state index contributed by atoms with van der Waals surface area (Å²) in [5.74, 6) is 0.0275. The van der Waals surface area contributed by atoms with Gasteiger partial charge in [-0.1, -0.05) is 24.3 Å². The largest absolute Gasteiger partial charge is 0.483 e. The van der Waals surface area contributed by atoms with Gasteiger partial charge in [0.25, 0.3) is 11.8 Å². The molecule has 2 aromatic carbocycles. The molecule has 3 unspecified atom stereocenters. The summed E-state index contributed by atoms with van der Waals surface area (Å²) < 4.78 is 19.3. The molecule has 2 amide bonds. The number of nitrogens with two attached hydrogens (primary N) is 1. The van der Waals surface area contributed by atoms with Gasteiger partial charge in [-0.25, -0.2) is 4.39 Å². The Kier molecular flexibility index (Phi) is 6.95. The second kappa shape index (κ2) is 9.45. The molecule has 1 saturated carbocycles. The monoisotopic (exact) mass is 433 g/mol. The van der Waals surface area contributed by atoms with Crippen molar-refractivity contribution in [1.82, 2.24) is 4.90 Å². The van der Waals surface area contributed by atoms with Crippen molar-refractivity contribution in [2.24, 2.45) is 17.6 Å². The second-order valence-electron chi connectivity index (χ2n) is 7.69. The Bertz CT molecular complexity index is 926. The Balaban J connectivity index is 0.00000256. The van der Waals surface area contributed by atoms with Gasteiger partial charge in [-0.05, 0) is 48.9 Å². The van der Waals surface area contributed by atoms with Gasteiger partial charge < -0.3 is 20.7 Å². The number of nitrogens with one attached hydrogen (secondary N) is 1. The first-order valence-electron chi connectivity index (χ1n) is 9.84. The number of carbonyl (C=O) groups is 2. The lowest BCUT2D eigenvalue weighted by Gasteiger charge is -2.20. The number of carbonyl (C=O) groups excluding carboxylic acids is 2. The molecule has 0 radical (unpaired) electrons. The Morgan fingerprint density at radius 1 is 1.10 bits per heavy atom. The molecule has 0 aromatic heterocycles. The second-order valence-corrected chi connectivity index (χ2v) is 7.69. The van der Waals surface area contributed by atoms with Gasteiger partial charge in [-0.15, -0.1) is 12.4 Å². The third-order valence-corrected chi connectivity index (χ3v) is 5.82. The van der Waals surface area contributed by atoms with Crippen molar-refractivity contribution in [3.05, 3.63) is 59.9 Å². The standard InChI is InChI=1S/C22H24FN3O3.ClH/c23-17-6-2-3-7-19(17)25-21(27)13-29-20-8-4-1-5-15(20)22(28)26-11-14-9-10-18(24)16(14)12-26;/h1-8,14,16,18H,9-13,24H2,(H,25,27);1H. The number of nitrogens with zero attached hydrogens (tertiary/aromatic N) is 1. The average molecular weight is 434 g/mol. The van der Waals surface area contributed by atoms with E-state index < -0.39 is 11.7 Å². The van der Waals surface area contributed by atoms with Crippen LogP contribution in [0.4, 0.5) is 10.1 Å². The minimum Gasteiger partial charge on any atom is -0.483 e. The maximum atomic E-state index is 13.7. The van der Waals surface area contributed by atoms with Crippen LogP contribution in [-0.4, -0.2) is 42.5 Å². The van der Waals surface area contributed by atoms with Gasteiger partial charge in [0.05, 0.1) is 11.3 Å². The first-order valence-corrected chi connectivity index (χ1v) is 9.84. The molecule has 30 heavy (non-hydrogen) atoms. The van der Waals surface area contributed by atoms with Crippen molar-refractivity contribution in [1.29, 1.82) is 0 Å². The van der Waals surface area contributed by atoms with Crippen molar-refractivity contribution < 1.29 is 18.7 Å². The number of hydrogen-bond acceptors (Lipinski definition) is 4. The summed E-state index contributed by atoms with van der Waals surface area (Å²) in [4.78, 5) is 27.0. The lowest BCUT2D eigenvalue weighted by Crippen LogP contribution is -2.33. The molecule has 0 spiro atoms. The van der Waals surface area contributed by atoms with Gasteiger partial charge in [0.2, 0.25) is 0 Å². The number of fused-ring (bicyclic) bond motifs is 1. The van der Waals surface area contributed by atoms with Crippen LogP contribution in [-0.2, 0) is 4.79 Å². The molecule has 2 aliphatic rings. The Hall–Kier alpha value is -2.64. The predicted octanol–water partition coefficient (Wildman–Crippen LogP) is 3.07. The fourth-order valence-electron chi connectivity index (χ4n) is 4.31. The molecule has 1 aliphatic heterocycles. The van der Waals surface area contributed by atoms with Crippen LogP contribution in [0.3, 0.4) is 0 Å². The van der Waals surface area contributed by atoms with Gasteiger partial charge in [0.15, 0.2) is 6.61 Å². The molecule has 1 saturated heterocycles. The zero-order chi connectivity index (χ0) is 20.4. The lowest BCUT2D eigenvalue weighted by atomic mass is 9.98. The predicted molar refractivity (Wildman–Crippen MR) is 114 cm³/mol. The smallest absolute Gasteiger partial charge is 0.262 e. The van der Waals surface area contributed by atoms with E-state index in [1.807, 2.05) is 4.90 Å². The molecular formula is C22H25ClFN3O3. The summed E-state index contributed by atoms with van der Waals surface area (Å²) in [7, 11) is 0. The van der Waals surface area contributed by atoms with Gasteiger partial charge in [-0.3, -0.25) is 9.59 Å². The summed E-state index contributed by atoms with van der Waals surface area (Å²) in [6, 6.07) is 12.9. The number of likely N-dealkylation sites (tertiary alicyclic amines) is 1. The van der Waals surface area contributed by atoms with E-state index in [-0.39, 0.29) is 36.7 Å². The van der Waals surface area contributed by atoms with E-state index in [4.69, 9.17) is 10.5 Å². The molecule has 160 valence electrons. The van der Waals surface area contributed by atoms with Gasteiger partial charge in [-0.2, -0.15) is 0 Å². The van der Waals surface area contributed by atoms with Crippen molar-refractivity contribution in [2.45, 2.75) is 18.9 Å². The first-order chi connectivity index (χ1) is 14.0. The van der Waals surface area contributed by atoms with Crippen LogP contribution < -0.4 is 15.8 Å². The summed E-state index contributed by atoms with van der Waals surface area (Å²) in [6.45, 7) is 1.04. The van der Waals surface area contributed by atoms with Gasteiger partial charge >= 0.3 is 0 Å². The quantitative estimate of drug-likeness (QED) is 0.758. The van der Waals surface area contributed by atoms with Crippen molar-refractivity contribution in [3.8, 4) is 5.75 Å². The van der Waals surface area contributed by atoms with E-state index in [0.717, 1.165) is 12.8 Å². The highest BCUT2D eigenvalue weighted by atomic mass is 35.5. The van der Waals surface area contributed by atoms with Gasteiger partial charge in [0.1, 0.15) is 11.6 Å².